The summed E-state index contributed by atoms with van der Waals surface area (Å²) < 4.78 is 0. The summed E-state index contributed by atoms with van der Waals surface area (Å²) in [7, 11) is 0. The van der Waals surface area contributed by atoms with Gasteiger partial charge in [-0.15, -0.1) is 0 Å². The standard InChI is InChI=1S/C26H19N3O4/c30-24-18(25(31)23-22(24)27-13-19(28-23)26(32)33)12-14-9-10-21-17(11-14)16-7-4-8-20(16)29(21)15-5-2-1-3-6-15/h1-3,5-6,9-13,16,20H,4,7-8H2,(H,32,33). The number of ketones is 2. The molecule has 1 N–H and O–H groups in total. The van der Waals surface area contributed by atoms with E-state index in [-0.39, 0.29) is 22.7 Å². The highest BCUT2D eigenvalue weighted by Gasteiger charge is 2.42. The molecule has 3 aliphatic rings. The molecule has 2 unspecified atom stereocenters. The minimum Gasteiger partial charge on any atom is -0.476 e. The first-order valence-corrected chi connectivity index (χ1v) is 10.9. The molecule has 0 bridgehead atoms. The summed E-state index contributed by atoms with van der Waals surface area (Å²) in [6, 6.07) is 16.8. The zero-order chi connectivity index (χ0) is 22.7. The van der Waals surface area contributed by atoms with E-state index in [1.165, 1.54) is 23.4 Å². The highest BCUT2D eigenvalue weighted by Crippen LogP contribution is 2.52. The number of carboxylic acids is 1. The third kappa shape index (κ3) is 2.92. The molecule has 1 saturated carbocycles. The molecular weight excluding hydrogens is 418 g/mol. The van der Waals surface area contributed by atoms with Crippen LogP contribution in [0.25, 0.3) is 6.08 Å². The number of allylic oxidation sites excluding steroid dienone is 1. The molecule has 1 fully saturated rings. The van der Waals surface area contributed by atoms with Gasteiger partial charge in [0, 0.05) is 23.3 Å². The fourth-order valence-electron chi connectivity index (χ4n) is 5.36. The van der Waals surface area contributed by atoms with Crippen molar-refractivity contribution in [1.82, 2.24) is 9.97 Å². The van der Waals surface area contributed by atoms with E-state index in [0.717, 1.165) is 24.6 Å². The SMILES string of the molecule is O=C(O)c1cnc2c(n1)C(=O)C(=Cc1ccc3c(c1)C1CCCC1N3c1ccccc1)C2=O. The maximum absolute atomic E-state index is 12.8. The lowest BCUT2D eigenvalue weighted by Crippen LogP contribution is -2.26. The van der Waals surface area contributed by atoms with Crippen molar-refractivity contribution in [2.45, 2.75) is 31.2 Å². The number of aromatic carboxylic acids is 1. The number of Topliss-reactive ketones (excluding diaryl/α,β-unsaturated/α-hetero) is 2. The number of rotatable bonds is 3. The smallest absolute Gasteiger partial charge is 0.356 e. The van der Waals surface area contributed by atoms with Gasteiger partial charge in [0.2, 0.25) is 11.6 Å². The lowest BCUT2D eigenvalue weighted by molar-refractivity contribution is 0.0689. The number of carbonyl (C=O) groups is 3. The maximum atomic E-state index is 12.8. The lowest BCUT2D eigenvalue weighted by Gasteiger charge is -2.27. The zero-order valence-corrected chi connectivity index (χ0v) is 17.6. The number of nitrogens with zero attached hydrogens (tertiary/aromatic N) is 3. The molecule has 2 aliphatic carbocycles. The van der Waals surface area contributed by atoms with Gasteiger partial charge in [-0.2, -0.15) is 0 Å². The molecule has 1 aliphatic heterocycles. The number of para-hydroxylation sites is 1. The van der Waals surface area contributed by atoms with Crippen molar-refractivity contribution < 1.29 is 19.5 Å². The molecule has 1 aromatic heterocycles. The topological polar surface area (TPSA) is 100 Å². The van der Waals surface area contributed by atoms with Gasteiger partial charge in [0.25, 0.3) is 0 Å². The van der Waals surface area contributed by atoms with E-state index in [2.05, 4.69) is 39.1 Å². The lowest BCUT2D eigenvalue weighted by atomic mass is 9.95. The molecule has 7 nitrogen and oxygen atoms in total. The van der Waals surface area contributed by atoms with Gasteiger partial charge in [-0.05, 0) is 54.3 Å². The average Bonchev–Trinajstić information content (AvgIpc) is 3.48. The van der Waals surface area contributed by atoms with Crippen molar-refractivity contribution in [3.63, 3.8) is 0 Å². The molecule has 0 saturated heterocycles. The number of hydrogen-bond acceptors (Lipinski definition) is 6. The van der Waals surface area contributed by atoms with Crippen LogP contribution in [0.4, 0.5) is 11.4 Å². The van der Waals surface area contributed by atoms with Crippen LogP contribution < -0.4 is 4.90 Å². The molecule has 2 aromatic carbocycles. The molecule has 3 aromatic rings. The normalized spacial score (nSPS) is 21.9. The molecule has 2 heterocycles. The minimum absolute atomic E-state index is 0.0339. The first-order valence-electron chi connectivity index (χ1n) is 10.9. The quantitative estimate of drug-likeness (QED) is 0.478. The Morgan fingerprint density at radius 2 is 1.82 bits per heavy atom. The number of aromatic nitrogens is 2. The Morgan fingerprint density at radius 3 is 2.61 bits per heavy atom. The van der Waals surface area contributed by atoms with Crippen LogP contribution in [0.2, 0.25) is 0 Å². The second-order valence-electron chi connectivity index (χ2n) is 8.60. The summed E-state index contributed by atoms with van der Waals surface area (Å²) in [4.78, 5) is 47.0. The number of carboxylic acid groups (broad SMARTS) is 1. The van der Waals surface area contributed by atoms with E-state index in [1.54, 1.807) is 6.08 Å². The molecule has 33 heavy (non-hydrogen) atoms. The Balaban J connectivity index is 1.40. The highest BCUT2D eigenvalue weighted by atomic mass is 16.4. The van der Waals surface area contributed by atoms with Gasteiger partial charge in [0.15, 0.2) is 5.69 Å². The van der Waals surface area contributed by atoms with Crippen LogP contribution in [0, 0.1) is 0 Å². The Labute approximate surface area is 189 Å². The van der Waals surface area contributed by atoms with Crippen LogP contribution >= 0.6 is 0 Å². The maximum Gasteiger partial charge on any atom is 0.356 e. The van der Waals surface area contributed by atoms with Gasteiger partial charge in [-0.1, -0.05) is 30.7 Å². The molecule has 7 heteroatoms. The second kappa shape index (κ2) is 7.20. The third-order valence-electron chi connectivity index (χ3n) is 6.78. The first-order chi connectivity index (χ1) is 16.0. The molecule has 6 rings (SSSR count). The minimum atomic E-state index is -1.30. The van der Waals surface area contributed by atoms with E-state index in [0.29, 0.717) is 12.0 Å². The van der Waals surface area contributed by atoms with Crippen molar-refractivity contribution in [2.24, 2.45) is 0 Å². The Kier molecular flexibility index (Phi) is 4.26. The summed E-state index contributed by atoms with van der Waals surface area (Å²) in [5.41, 5.74) is 3.65. The van der Waals surface area contributed by atoms with Crippen LogP contribution in [0.15, 0.2) is 60.3 Å². The van der Waals surface area contributed by atoms with Crippen LogP contribution in [0.1, 0.15) is 67.8 Å². The van der Waals surface area contributed by atoms with E-state index in [1.807, 2.05) is 24.3 Å². The highest BCUT2D eigenvalue weighted by molar-refractivity contribution is 6.40. The summed E-state index contributed by atoms with van der Waals surface area (Å²) in [6.45, 7) is 0. The van der Waals surface area contributed by atoms with Crippen LogP contribution in [0.3, 0.4) is 0 Å². The van der Waals surface area contributed by atoms with E-state index in [4.69, 9.17) is 5.11 Å². The van der Waals surface area contributed by atoms with Crippen LogP contribution in [-0.2, 0) is 0 Å². The van der Waals surface area contributed by atoms with E-state index < -0.39 is 17.5 Å². The van der Waals surface area contributed by atoms with Gasteiger partial charge < -0.3 is 10.0 Å². The Bertz CT molecular complexity index is 1380. The molecule has 2 atom stereocenters. The summed E-state index contributed by atoms with van der Waals surface area (Å²) in [5.74, 6) is -2.00. The number of hydrogen-bond donors (Lipinski definition) is 1. The first kappa shape index (κ1) is 19.5. The largest absolute Gasteiger partial charge is 0.476 e. The molecule has 0 amide bonds. The Morgan fingerprint density at radius 1 is 1.03 bits per heavy atom. The average molecular weight is 437 g/mol. The summed E-state index contributed by atoms with van der Waals surface area (Å²) >= 11 is 0. The fraction of sp³-hybridized carbons (Fsp3) is 0.192. The van der Waals surface area contributed by atoms with Crippen LogP contribution in [-0.4, -0.2) is 38.7 Å². The third-order valence-corrected chi connectivity index (χ3v) is 6.78. The predicted octanol–water partition coefficient (Wildman–Crippen LogP) is 4.43. The van der Waals surface area contributed by atoms with Gasteiger partial charge in [-0.3, -0.25) is 9.59 Å². The van der Waals surface area contributed by atoms with Gasteiger partial charge in [0.05, 0.1) is 11.8 Å². The molecule has 162 valence electrons. The summed E-state index contributed by atoms with van der Waals surface area (Å²) in [6.07, 6.45) is 5.97. The molecule has 0 radical (unpaired) electrons. The molecular formula is C26H19N3O4. The van der Waals surface area contributed by atoms with Crippen molar-refractivity contribution >= 4 is 35.0 Å². The predicted molar refractivity (Wildman–Crippen MR) is 121 cm³/mol. The summed E-state index contributed by atoms with van der Waals surface area (Å²) in [5, 5.41) is 9.12. The van der Waals surface area contributed by atoms with Crippen molar-refractivity contribution in [3.8, 4) is 0 Å². The van der Waals surface area contributed by atoms with Crippen molar-refractivity contribution in [2.75, 3.05) is 4.90 Å². The van der Waals surface area contributed by atoms with Crippen LogP contribution in [0.5, 0.6) is 0 Å². The number of carbonyl (C=O) groups excluding carboxylic acids is 2. The van der Waals surface area contributed by atoms with Gasteiger partial charge in [-0.25, -0.2) is 14.8 Å². The van der Waals surface area contributed by atoms with Crippen molar-refractivity contribution in [1.29, 1.82) is 0 Å². The monoisotopic (exact) mass is 437 g/mol. The van der Waals surface area contributed by atoms with Gasteiger partial charge in [0.1, 0.15) is 11.4 Å². The van der Waals surface area contributed by atoms with E-state index >= 15 is 0 Å². The fourth-order valence-corrected chi connectivity index (χ4v) is 5.36. The number of anilines is 2. The zero-order valence-electron chi connectivity index (χ0n) is 17.6. The number of fused-ring (bicyclic) bond motifs is 4. The second-order valence-corrected chi connectivity index (χ2v) is 8.60. The number of benzene rings is 2. The Hall–Kier alpha value is -4.13. The van der Waals surface area contributed by atoms with Crippen molar-refractivity contribution in [3.05, 3.63) is 88.5 Å². The molecule has 0 spiro atoms. The van der Waals surface area contributed by atoms with Gasteiger partial charge >= 0.3 is 5.97 Å². The van der Waals surface area contributed by atoms with E-state index in [9.17, 15) is 14.4 Å².